The van der Waals surface area contributed by atoms with Crippen molar-refractivity contribution in [2.24, 2.45) is 0 Å². The van der Waals surface area contributed by atoms with Crippen molar-refractivity contribution in [2.75, 3.05) is 19.7 Å². The largest absolute Gasteiger partial charge is 0.450 e. The van der Waals surface area contributed by atoms with Crippen LogP contribution in [-0.2, 0) is 21.3 Å². The molecule has 156 valence electrons. The van der Waals surface area contributed by atoms with Crippen LogP contribution in [0.25, 0.3) is 0 Å². The molecule has 0 unspecified atom stereocenters. The molecule has 0 spiro atoms. The lowest BCUT2D eigenvalue weighted by Gasteiger charge is -2.12. The summed E-state index contributed by atoms with van der Waals surface area (Å²) in [6.07, 6.45) is -0.560. The maximum absolute atomic E-state index is 12.6. The van der Waals surface area contributed by atoms with Crippen LogP contribution in [0.15, 0.2) is 53.4 Å². The molecule has 0 bridgehead atoms. The summed E-state index contributed by atoms with van der Waals surface area (Å²) in [4.78, 5) is 23.6. The molecule has 0 aromatic heterocycles. The number of sulfonamides is 1. The van der Waals surface area contributed by atoms with E-state index in [4.69, 9.17) is 4.74 Å². The van der Waals surface area contributed by atoms with E-state index in [1.807, 2.05) is 30.3 Å². The Morgan fingerprint density at radius 3 is 2.38 bits per heavy atom. The normalized spacial score (nSPS) is 11.0. The van der Waals surface area contributed by atoms with E-state index in [0.717, 1.165) is 5.56 Å². The van der Waals surface area contributed by atoms with Crippen LogP contribution in [0.2, 0.25) is 0 Å². The number of carbonyl (C=O) groups is 2. The highest BCUT2D eigenvalue weighted by molar-refractivity contribution is 7.89. The summed E-state index contributed by atoms with van der Waals surface area (Å²) in [7, 11) is -3.78. The van der Waals surface area contributed by atoms with Gasteiger partial charge < -0.3 is 15.4 Å². The highest BCUT2D eigenvalue weighted by Crippen LogP contribution is 2.16. The number of ether oxygens (including phenoxy) is 1. The fourth-order valence-electron chi connectivity index (χ4n) is 2.49. The molecule has 2 amide bonds. The van der Waals surface area contributed by atoms with Gasteiger partial charge in [0.05, 0.1) is 11.5 Å². The smallest absolute Gasteiger partial charge is 0.407 e. The van der Waals surface area contributed by atoms with Gasteiger partial charge in [-0.25, -0.2) is 17.9 Å². The molecule has 2 aromatic rings. The van der Waals surface area contributed by atoms with Gasteiger partial charge in [-0.05, 0) is 37.1 Å². The summed E-state index contributed by atoms with van der Waals surface area (Å²) < 4.78 is 32.4. The number of hydrogen-bond donors (Lipinski definition) is 3. The van der Waals surface area contributed by atoms with Crippen LogP contribution in [0.4, 0.5) is 4.79 Å². The third kappa shape index (κ3) is 6.88. The molecule has 0 radical (unpaired) electrons. The highest BCUT2D eigenvalue weighted by atomic mass is 32.2. The maximum Gasteiger partial charge on any atom is 0.407 e. The van der Waals surface area contributed by atoms with Crippen molar-refractivity contribution in [3.8, 4) is 0 Å². The van der Waals surface area contributed by atoms with Crippen molar-refractivity contribution in [3.63, 3.8) is 0 Å². The van der Waals surface area contributed by atoms with Gasteiger partial charge >= 0.3 is 6.09 Å². The molecule has 0 aliphatic carbocycles. The van der Waals surface area contributed by atoms with Crippen LogP contribution in [0, 0.1) is 6.92 Å². The summed E-state index contributed by atoms with van der Waals surface area (Å²) in [5, 5.41) is 5.14. The first-order chi connectivity index (χ1) is 13.8. The molecule has 2 rings (SSSR count). The lowest BCUT2D eigenvalue weighted by atomic mass is 10.1. The van der Waals surface area contributed by atoms with E-state index in [-0.39, 0.29) is 36.7 Å². The number of carbonyl (C=O) groups excluding carboxylic acids is 2. The van der Waals surface area contributed by atoms with Crippen molar-refractivity contribution in [2.45, 2.75) is 25.3 Å². The number of hydrogen-bond acceptors (Lipinski definition) is 5. The van der Waals surface area contributed by atoms with Crippen molar-refractivity contribution in [1.29, 1.82) is 0 Å². The summed E-state index contributed by atoms with van der Waals surface area (Å²) in [5.74, 6) is -0.423. The van der Waals surface area contributed by atoms with E-state index in [9.17, 15) is 18.0 Å². The van der Waals surface area contributed by atoms with Gasteiger partial charge in [-0.2, -0.15) is 0 Å². The number of alkyl carbamates (subject to hydrolysis) is 1. The van der Waals surface area contributed by atoms with E-state index in [0.29, 0.717) is 5.56 Å². The topological polar surface area (TPSA) is 114 Å². The molecule has 0 aliphatic heterocycles. The zero-order chi connectivity index (χ0) is 21.3. The predicted molar refractivity (Wildman–Crippen MR) is 109 cm³/mol. The molecule has 0 heterocycles. The Bertz CT molecular complexity index is 946. The quantitative estimate of drug-likeness (QED) is 0.538. The SMILES string of the molecule is CCOC(=O)NCCNC(=O)c1cc(S(=O)(=O)NCc2ccccc2)ccc1C. The monoisotopic (exact) mass is 419 g/mol. The van der Waals surface area contributed by atoms with Gasteiger partial charge in [0.1, 0.15) is 0 Å². The predicted octanol–water partition coefficient (Wildman–Crippen LogP) is 1.95. The molecular weight excluding hydrogens is 394 g/mol. The fraction of sp³-hybridized carbons (Fsp3) is 0.300. The Labute approximate surface area is 170 Å². The van der Waals surface area contributed by atoms with Crippen LogP contribution in [-0.4, -0.2) is 40.1 Å². The van der Waals surface area contributed by atoms with Gasteiger partial charge in [0.15, 0.2) is 0 Å². The van der Waals surface area contributed by atoms with Gasteiger partial charge in [-0.1, -0.05) is 36.4 Å². The molecule has 9 heteroatoms. The summed E-state index contributed by atoms with van der Waals surface area (Å²) in [6, 6.07) is 13.5. The van der Waals surface area contributed by atoms with Crippen LogP contribution >= 0.6 is 0 Å². The fourth-order valence-corrected chi connectivity index (χ4v) is 3.53. The second kappa shape index (κ2) is 10.6. The number of rotatable bonds is 9. The lowest BCUT2D eigenvalue weighted by Crippen LogP contribution is -2.35. The van der Waals surface area contributed by atoms with Crippen LogP contribution in [0.3, 0.4) is 0 Å². The van der Waals surface area contributed by atoms with Crippen molar-refractivity contribution in [3.05, 3.63) is 65.2 Å². The minimum absolute atomic E-state index is 0.00818. The first kappa shape index (κ1) is 22.4. The Kier molecular flexibility index (Phi) is 8.17. The van der Waals surface area contributed by atoms with E-state index < -0.39 is 22.0 Å². The minimum Gasteiger partial charge on any atom is -0.450 e. The Morgan fingerprint density at radius 1 is 1.00 bits per heavy atom. The van der Waals surface area contributed by atoms with Gasteiger partial charge in [0.2, 0.25) is 10.0 Å². The summed E-state index contributed by atoms with van der Waals surface area (Å²) in [5.41, 5.74) is 1.72. The Balaban J connectivity index is 2.00. The first-order valence-corrected chi connectivity index (χ1v) is 10.6. The second-order valence-corrected chi connectivity index (χ2v) is 7.96. The summed E-state index contributed by atoms with van der Waals surface area (Å²) in [6.45, 7) is 4.20. The molecule has 0 fully saturated rings. The molecule has 0 saturated carbocycles. The Morgan fingerprint density at radius 2 is 1.69 bits per heavy atom. The van der Waals surface area contributed by atoms with Gasteiger partial charge in [0, 0.05) is 25.2 Å². The molecule has 0 aliphatic rings. The number of nitrogens with one attached hydrogen (secondary N) is 3. The lowest BCUT2D eigenvalue weighted by molar-refractivity contribution is 0.0951. The van der Waals surface area contributed by atoms with Gasteiger partial charge in [-0.15, -0.1) is 0 Å². The van der Waals surface area contributed by atoms with Gasteiger partial charge in [-0.3, -0.25) is 4.79 Å². The molecule has 3 N–H and O–H groups in total. The van der Waals surface area contributed by atoms with Crippen molar-refractivity contribution in [1.82, 2.24) is 15.4 Å². The molecule has 29 heavy (non-hydrogen) atoms. The average Bonchev–Trinajstić information content (AvgIpc) is 2.71. The standard InChI is InChI=1S/C20H25N3O5S/c1-3-28-20(25)22-12-11-21-19(24)18-13-17(10-9-15(18)2)29(26,27)23-14-16-7-5-4-6-8-16/h4-10,13,23H,3,11-12,14H2,1-2H3,(H,21,24)(H,22,25). The zero-order valence-electron chi connectivity index (χ0n) is 16.4. The maximum atomic E-state index is 12.6. The number of benzene rings is 2. The first-order valence-electron chi connectivity index (χ1n) is 9.16. The highest BCUT2D eigenvalue weighted by Gasteiger charge is 2.18. The van der Waals surface area contributed by atoms with E-state index >= 15 is 0 Å². The van der Waals surface area contributed by atoms with E-state index in [1.54, 1.807) is 19.9 Å². The molecular formula is C20H25N3O5S. The molecule has 8 nitrogen and oxygen atoms in total. The third-order valence-corrected chi connectivity index (χ3v) is 5.43. The van der Waals surface area contributed by atoms with Crippen molar-refractivity contribution >= 4 is 22.0 Å². The Hall–Kier alpha value is -2.91. The number of aryl methyl sites for hydroxylation is 1. The van der Waals surface area contributed by atoms with Crippen molar-refractivity contribution < 1.29 is 22.7 Å². The second-order valence-electron chi connectivity index (χ2n) is 6.19. The third-order valence-electron chi connectivity index (χ3n) is 4.03. The summed E-state index contributed by atoms with van der Waals surface area (Å²) >= 11 is 0. The molecule has 2 aromatic carbocycles. The van der Waals surface area contributed by atoms with Crippen LogP contribution in [0.1, 0.15) is 28.4 Å². The zero-order valence-corrected chi connectivity index (χ0v) is 17.2. The molecule has 0 saturated heterocycles. The number of amides is 2. The van der Waals surface area contributed by atoms with E-state index in [1.165, 1.54) is 12.1 Å². The molecule has 0 atom stereocenters. The minimum atomic E-state index is -3.78. The van der Waals surface area contributed by atoms with Gasteiger partial charge in [0.25, 0.3) is 5.91 Å². The van der Waals surface area contributed by atoms with E-state index in [2.05, 4.69) is 15.4 Å². The van der Waals surface area contributed by atoms with Crippen LogP contribution < -0.4 is 15.4 Å². The van der Waals surface area contributed by atoms with Crippen LogP contribution in [0.5, 0.6) is 0 Å². The average molecular weight is 420 g/mol.